The Morgan fingerprint density at radius 2 is 1.86 bits per heavy atom. The van der Waals surface area contributed by atoms with Crippen molar-refractivity contribution < 1.29 is 8.81 Å². The molecule has 0 amide bonds. The highest BCUT2D eigenvalue weighted by Gasteiger charge is 2.15. The van der Waals surface area contributed by atoms with Gasteiger partial charge >= 0.3 is 0 Å². The number of aromatic nitrogens is 2. The van der Waals surface area contributed by atoms with Crippen LogP contribution >= 0.6 is 0 Å². The van der Waals surface area contributed by atoms with Gasteiger partial charge in [-0.15, -0.1) is 10.2 Å². The normalized spacial score (nSPS) is 12.1. The zero-order valence-corrected chi connectivity index (χ0v) is 12.4. The van der Waals surface area contributed by atoms with Gasteiger partial charge in [-0.1, -0.05) is 24.3 Å². The lowest BCUT2D eigenvalue weighted by Crippen LogP contribution is -2.07. The van der Waals surface area contributed by atoms with Gasteiger partial charge in [-0.25, -0.2) is 4.39 Å². The van der Waals surface area contributed by atoms with E-state index in [9.17, 15) is 4.39 Å². The lowest BCUT2D eigenvalue weighted by molar-refractivity contribution is 0.485. The summed E-state index contributed by atoms with van der Waals surface area (Å²) in [4.78, 5) is 0. The molecule has 0 aliphatic heterocycles. The molecule has 0 aliphatic carbocycles. The SMILES string of the molecule is Cc1ccc(NC(C)c2nnc(-c3ccccc3)o2)cc1F. The Morgan fingerprint density at radius 1 is 1.09 bits per heavy atom. The molecule has 0 bridgehead atoms. The molecule has 4 nitrogen and oxygen atoms in total. The number of nitrogens with one attached hydrogen (secondary N) is 1. The quantitative estimate of drug-likeness (QED) is 0.777. The molecule has 2 aromatic carbocycles. The summed E-state index contributed by atoms with van der Waals surface area (Å²) in [7, 11) is 0. The summed E-state index contributed by atoms with van der Waals surface area (Å²) in [5.74, 6) is 0.687. The van der Waals surface area contributed by atoms with Crippen LogP contribution in [0.25, 0.3) is 11.5 Å². The third-order valence-electron chi connectivity index (χ3n) is 3.39. The molecular weight excluding hydrogens is 281 g/mol. The van der Waals surface area contributed by atoms with Gasteiger partial charge in [0.05, 0.1) is 0 Å². The van der Waals surface area contributed by atoms with Crippen LogP contribution in [0.1, 0.15) is 24.4 Å². The first-order chi connectivity index (χ1) is 10.6. The van der Waals surface area contributed by atoms with Gasteiger partial charge in [0.2, 0.25) is 11.8 Å². The van der Waals surface area contributed by atoms with Gasteiger partial charge in [-0.05, 0) is 43.7 Å². The zero-order valence-electron chi connectivity index (χ0n) is 12.4. The molecule has 0 saturated carbocycles. The Kier molecular flexibility index (Phi) is 3.87. The summed E-state index contributed by atoms with van der Waals surface area (Å²) in [6.07, 6.45) is 0. The molecule has 3 rings (SSSR count). The molecule has 0 fully saturated rings. The van der Waals surface area contributed by atoms with E-state index in [0.717, 1.165) is 5.56 Å². The van der Waals surface area contributed by atoms with Crippen LogP contribution in [0.15, 0.2) is 52.9 Å². The van der Waals surface area contributed by atoms with E-state index < -0.39 is 0 Å². The van der Waals surface area contributed by atoms with Crippen molar-refractivity contribution in [2.24, 2.45) is 0 Å². The maximum atomic E-state index is 13.6. The Bertz CT molecular complexity index is 771. The summed E-state index contributed by atoms with van der Waals surface area (Å²) in [6.45, 7) is 3.62. The van der Waals surface area contributed by atoms with E-state index in [4.69, 9.17) is 4.42 Å². The van der Waals surface area contributed by atoms with E-state index in [1.54, 1.807) is 13.0 Å². The molecular formula is C17H16FN3O. The second kappa shape index (κ2) is 5.97. The van der Waals surface area contributed by atoms with Crippen molar-refractivity contribution in [2.45, 2.75) is 19.9 Å². The summed E-state index contributed by atoms with van der Waals surface area (Å²) in [6, 6.07) is 14.4. The Balaban J connectivity index is 1.77. The summed E-state index contributed by atoms with van der Waals surface area (Å²) < 4.78 is 19.2. The van der Waals surface area contributed by atoms with E-state index in [1.165, 1.54) is 6.07 Å². The smallest absolute Gasteiger partial charge is 0.247 e. The number of halogens is 1. The lowest BCUT2D eigenvalue weighted by Gasteiger charge is -2.11. The second-order valence-corrected chi connectivity index (χ2v) is 5.14. The summed E-state index contributed by atoms with van der Waals surface area (Å²) >= 11 is 0. The molecule has 1 atom stereocenters. The number of nitrogens with zero attached hydrogens (tertiary/aromatic N) is 2. The van der Waals surface area contributed by atoms with Gasteiger partial charge in [0, 0.05) is 11.3 Å². The average molecular weight is 297 g/mol. The van der Waals surface area contributed by atoms with E-state index in [1.807, 2.05) is 43.3 Å². The summed E-state index contributed by atoms with van der Waals surface area (Å²) in [5.41, 5.74) is 2.16. The number of anilines is 1. The molecule has 1 unspecified atom stereocenters. The number of aryl methyl sites for hydroxylation is 1. The fourth-order valence-corrected chi connectivity index (χ4v) is 2.10. The lowest BCUT2D eigenvalue weighted by atomic mass is 10.2. The minimum absolute atomic E-state index is 0.216. The van der Waals surface area contributed by atoms with Crippen LogP contribution in [-0.2, 0) is 0 Å². The van der Waals surface area contributed by atoms with Crippen molar-refractivity contribution in [1.29, 1.82) is 0 Å². The fraction of sp³-hybridized carbons (Fsp3) is 0.176. The molecule has 1 heterocycles. The molecule has 112 valence electrons. The minimum atomic E-state index is -0.243. The van der Waals surface area contributed by atoms with E-state index in [2.05, 4.69) is 15.5 Å². The molecule has 0 spiro atoms. The topological polar surface area (TPSA) is 51.0 Å². The molecule has 0 radical (unpaired) electrons. The van der Waals surface area contributed by atoms with Crippen molar-refractivity contribution in [3.8, 4) is 11.5 Å². The van der Waals surface area contributed by atoms with Crippen molar-refractivity contribution in [1.82, 2.24) is 10.2 Å². The molecule has 5 heteroatoms. The first kappa shape index (κ1) is 14.3. The monoisotopic (exact) mass is 297 g/mol. The highest BCUT2D eigenvalue weighted by Crippen LogP contribution is 2.23. The van der Waals surface area contributed by atoms with Crippen molar-refractivity contribution >= 4 is 5.69 Å². The highest BCUT2D eigenvalue weighted by atomic mass is 19.1. The molecule has 1 aromatic heterocycles. The van der Waals surface area contributed by atoms with E-state index in [0.29, 0.717) is 23.0 Å². The molecule has 3 aromatic rings. The highest BCUT2D eigenvalue weighted by molar-refractivity contribution is 5.52. The minimum Gasteiger partial charge on any atom is -0.418 e. The molecule has 0 saturated heterocycles. The predicted octanol–water partition coefficient (Wildman–Crippen LogP) is 4.36. The first-order valence-electron chi connectivity index (χ1n) is 7.05. The van der Waals surface area contributed by atoms with Crippen LogP contribution in [-0.4, -0.2) is 10.2 Å². The zero-order chi connectivity index (χ0) is 15.5. The maximum absolute atomic E-state index is 13.6. The van der Waals surface area contributed by atoms with Crippen molar-refractivity contribution in [3.63, 3.8) is 0 Å². The largest absolute Gasteiger partial charge is 0.418 e. The number of rotatable bonds is 4. The van der Waals surface area contributed by atoms with Crippen LogP contribution in [0.2, 0.25) is 0 Å². The third-order valence-corrected chi connectivity index (χ3v) is 3.39. The van der Waals surface area contributed by atoms with Gasteiger partial charge in [-0.3, -0.25) is 0 Å². The van der Waals surface area contributed by atoms with Crippen LogP contribution in [0.5, 0.6) is 0 Å². The van der Waals surface area contributed by atoms with E-state index in [-0.39, 0.29) is 11.9 Å². The Hall–Kier alpha value is -2.69. The van der Waals surface area contributed by atoms with Crippen LogP contribution in [0.4, 0.5) is 10.1 Å². The molecule has 22 heavy (non-hydrogen) atoms. The van der Waals surface area contributed by atoms with E-state index >= 15 is 0 Å². The third kappa shape index (κ3) is 2.98. The van der Waals surface area contributed by atoms with Gasteiger partial charge in [0.1, 0.15) is 11.9 Å². The van der Waals surface area contributed by atoms with Crippen LogP contribution < -0.4 is 5.32 Å². The van der Waals surface area contributed by atoms with Crippen LogP contribution in [0.3, 0.4) is 0 Å². The Labute approximate surface area is 128 Å². The standard InChI is InChI=1S/C17H16FN3O/c1-11-8-9-14(10-15(11)18)19-12(2)16-20-21-17(22-16)13-6-4-3-5-7-13/h3-10,12,19H,1-2H3. The van der Waals surface area contributed by atoms with Crippen molar-refractivity contribution in [3.05, 3.63) is 65.8 Å². The first-order valence-corrected chi connectivity index (χ1v) is 7.05. The summed E-state index contributed by atoms with van der Waals surface area (Å²) in [5, 5.41) is 11.3. The van der Waals surface area contributed by atoms with Gasteiger partial charge in [0.25, 0.3) is 0 Å². The molecule has 0 aliphatic rings. The Morgan fingerprint density at radius 3 is 2.59 bits per heavy atom. The van der Waals surface area contributed by atoms with Gasteiger partial charge < -0.3 is 9.73 Å². The maximum Gasteiger partial charge on any atom is 0.247 e. The number of benzene rings is 2. The fourth-order valence-electron chi connectivity index (χ4n) is 2.10. The second-order valence-electron chi connectivity index (χ2n) is 5.14. The average Bonchev–Trinajstić information content (AvgIpc) is 3.02. The molecule has 1 N–H and O–H groups in total. The number of hydrogen-bond acceptors (Lipinski definition) is 4. The predicted molar refractivity (Wildman–Crippen MR) is 82.9 cm³/mol. The number of hydrogen-bond donors (Lipinski definition) is 1. The van der Waals surface area contributed by atoms with Crippen molar-refractivity contribution in [2.75, 3.05) is 5.32 Å². The van der Waals surface area contributed by atoms with Gasteiger partial charge in [0.15, 0.2) is 0 Å². The van der Waals surface area contributed by atoms with Crippen LogP contribution in [0, 0.1) is 12.7 Å². The van der Waals surface area contributed by atoms with Gasteiger partial charge in [-0.2, -0.15) is 0 Å².